The van der Waals surface area contributed by atoms with Crippen LogP contribution in [0.5, 0.6) is 5.75 Å². The average Bonchev–Trinajstić information content (AvgIpc) is 2.70. The lowest BCUT2D eigenvalue weighted by Gasteiger charge is -2.37. The zero-order valence-electron chi connectivity index (χ0n) is 16.0. The molecule has 0 saturated carbocycles. The molecule has 0 radical (unpaired) electrons. The summed E-state index contributed by atoms with van der Waals surface area (Å²) < 4.78 is 5.70. The number of amides is 1. The molecule has 2 aromatic carbocycles. The topological polar surface area (TPSA) is 49.9 Å². The number of aryl methyl sites for hydroxylation is 1. The van der Waals surface area contributed by atoms with Crippen LogP contribution in [0.2, 0.25) is 0 Å². The van der Waals surface area contributed by atoms with Crippen molar-refractivity contribution < 1.29 is 14.3 Å². The molecule has 3 rings (SSSR count). The van der Waals surface area contributed by atoms with Gasteiger partial charge in [-0.3, -0.25) is 4.79 Å². The van der Waals surface area contributed by atoms with Gasteiger partial charge in [0, 0.05) is 26.1 Å². The maximum Gasteiger partial charge on any atom is 0.265 e. The number of carbonyl (C=O) groups excluding carboxylic acids is 2. The molecule has 0 unspecified atom stereocenters. The zero-order valence-corrected chi connectivity index (χ0v) is 16.0. The maximum atomic E-state index is 12.7. The Balaban J connectivity index is 1.60. The van der Waals surface area contributed by atoms with E-state index in [0.29, 0.717) is 18.7 Å². The van der Waals surface area contributed by atoms with Crippen molar-refractivity contribution in [3.63, 3.8) is 0 Å². The van der Waals surface area contributed by atoms with Gasteiger partial charge in [0.2, 0.25) is 0 Å². The number of hydrogen-bond donors (Lipinski definition) is 0. The lowest BCUT2D eigenvalue weighted by molar-refractivity contribution is -0.120. The van der Waals surface area contributed by atoms with E-state index in [1.165, 1.54) is 0 Å². The number of rotatable bonds is 7. The second-order valence-corrected chi connectivity index (χ2v) is 6.75. The van der Waals surface area contributed by atoms with Gasteiger partial charge < -0.3 is 19.3 Å². The predicted octanol–water partition coefficient (Wildman–Crippen LogP) is 3.46. The maximum absolute atomic E-state index is 12.7. The normalized spacial score (nSPS) is 13.3. The molecule has 0 aliphatic carbocycles. The second-order valence-electron chi connectivity index (χ2n) is 6.75. The van der Waals surface area contributed by atoms with E-state index in [0.717, 1.165) is 36.4 Å². The Morgan fingerprint density at radius 2 is 1.70 bits per heavy atom. The smallest absolute Gasteiger partial charge is 0.265 e. The number of anilines is 2. The van der Waals surface area contributed by atoms with Crippen molar-refractivity contribution in [2.45, 2.75) is 26.7 Å². The first-order chi connectivity index (χ1) is 13.1. The first-order valence-corrected chi connectivity index (χ1v) is 9.44. The predicted molar refractivity (Wildman–Crippen MR) is 108 cm³/mol. The van der Waals surface area contributed by atoms with E-state index in [4.69, 9.17) is 4.74 Å². The number of benzene rings is 2. The molecular formula is C22H26N2O3. The second kappa shape index (κ2) is 8.71. The summed E-state index contributed by atoms with van der Waals surface area (Å²) in [5.41, 5.74) is 3.13. The number of likely N-dealkylation sites (N-methyl/N-ethyl adjacent to an activating group) is 1. The van der Waals surface area contributed by atoms with Crippen molar-refractivity contribution in [1.82, 2.24) is 0 Å². The van der Waals surface area contributed by atoms with E-state index in [-0.39, 0.29) is 18.3 Å². The van der Waals surface area contributed by atoms with Crippen molar-refractivity contribution in [3.05, 3.63) is 54.1 Å². The molecule has 0 saturated heterocycles. The van der Waals surface area contributed by atoms with Crippen LogP contribution < -0.4 is 14.5 Å². The minimum absolute atomic E-state index is 0.00719. The SMILES string of the molecule is CCN1CCN(C(=O)COc2ccc(CCC(C)=O)cc2)c2ccccc21. The first-order valence-electron chi connectivity index (χ1n) is 9.44. The lowest BCUT2D eigenvalue weighted by Crippen LogP contribution is -2.45. The summed E-state index contributed by atoms with van der Waals surface area (Å²) in [4.78, 5) is 27.9. The third kappa shape index (κ3) is 4.67. The van der Waals surface area contributed by atoms with Gasteiger partial charge in [-0.25, -0.2) is 0 Å². The van der Waals surface area contributed by atoms with Gasteiger partial charge in [-0.15, -0.1) is 0 Å². The molecule has 1 amide bonds. The summed E-state index contributed by atoms with van der Waals surface area (Å²) in [6.45, 7) is 6.14. The van der Waals surface area contributed by atoms with Gasteiger partial charge in [0.05, 0.1) is 11.4 Å². The fraction of sp³-hybridized carbons (Fsp3) is 0.364. The molecule has 1 aliphatic rings. The zero-order chi connectivity index (χ0) is 19.2. The first kappa shape index (κ1) is 19.0. The number of carbonyl (C=O) groups is 2. The highest BCUT2D eigenvalue weighted by Gasteiger charge is 2.25. The third-order valence-corrected chi connectivity index (χ3v) is 4.84. The molecule has 142 valence electrons. The quantitative estimate of drug-likeness (QED) is 0.753. The largest absolute Gasteiger partial charge is 0.484 e. The van der Waals surface area contributed by atoms with Crippen LogP contribution in [0.25, 0.3) is 0 Å². The summed E-state index contributed by atoms with van der Waals surface area (Å²) in [6, 6.07) is 15.6. The van der Waals surface area contributed by atoms with Crippen LogP contribution >= 0.6 is 0 Å². The Morgan fingerprint density at radius 1 is 1.00 bits per heavy atom. The van der Waals surface area contributed by atoms with E-state index < -0.39 is 0 Å². The molecule has 27 heavy (non-hydrogen) atoms. The molecule has 0 aromatic heterocycles. The molecule has 1 aliphatic heterocycles. The van der Waals surface area contributed by atoms with Gasteiger partial charge in [-0.1, -0.05) is 24.3 Å². The number of ketones is 1. The summed E-state index contributed by atoms with van der Waals surface area (Å²) >= 11 is 0. The van der Waals surface area contributed by atoms with Crippen LogP contribution in [0.4, 0.5) is 11.4 Å². The van der Waals surface area contributed by atoms with Gasteiger partial charge in [0.15, 0.2) is 6.61 Å². The minimum Gasteiger partial charge on any atom is -0.484 e. The standard InChI is InChI=1S/C22H26N2O3/c1-3-23-14-15-24(21-7-5-4-6-20(21)23)22(26)16-27-19-12-10-18(11-13-19)9-8-17(2)25/h4-7,10-13H,3,8-9,14-16H2,1-2H3. The van der Waals surface area contributed by atoms with Gasteiger partial charge >= 0.3 is 0 Å². The Hall–Kier alpha value is -2.82. The van der Waals surface area contributed by atoms with Gasteiger partial charge in [-0.2, -0.15) is 0 Å². The number of para-hydroxylation sites is 2. The molecule has 5 nitrogen and oxygen atoms in total. The average molecular weight is 366 g/mol. The molecule has 1 heterocycles. The van der Waals surface area contributed by atoms with Crippen molar-refractivity contribution in [1.29, 1.82) is 0 Å². The van der Waals surface area contributed by atoms with Crippen LogP contribution in [-0.2, 0) is 16.0 Å². The Bertz CT molecular complexity index is 801. The number of Topliss-reactive ketones (excluding diaryl/α,β-unsaturated/α-hetero) is 1. The molecule has 0 fully saturated rings. The van der Waals surface area contributed by atoms with Crippen LogP contribution in [-0.4, -0.2) is 37.9 Å². The number of hydrogen-bond acceptors (Lipinski definition) is 4. The number of nitrogens with zero attached hydrogens (tertiary/aromatic N) is 2. The Kier molecular flexibility index (Phi) is 6.12. The van der Waals surface area contributed by atoms with Crippen molar-refractivity contribution in [3.8, 4) is 5.75 Å². The van der Waals surface area contributed by atoms with E-state index in [9.17, 15) is 9.59 Å². The van der Waals surface area contributed by atoms with Crippen molar-refractivity contribution in [2.75, 3.05) is 36.0 Å². The Labute approximate surface area is 160 Å². The van der Waals surface area contributed by atoms with Gasteiger partial charge in [0.25, 0.3) is 5.91 Å². The Morgan fingerprint density at radius 3 is 2.37 bits per heavy atom. The molecular weight excluding hydrogens is 340 g/mol. The van der Waals surface area contributed by atoms with Crippen molar-refractivity contribution >= 4 is 23.1 Å². The fourth-order valence-corrected chi connectivity index (χ4v) is 3.30. The molecule has 0 spiro atoms. The van der Waals surface area contributed by atoms with Gasteiger partial charge in [0.1, 0.15) is 11.5 Å². The summed E-state index contributed by atoms with van der Waals surface area (Å²) in [5, 5.41) is 0. The van der Waals surface area contributed by atoms with Crippen molar-refractivity contribution in [2.24, 2.45) is 0 Å². The number of ether oxygens (including phenoxy) is 1. The van der Waals surface area contributed by atoms with E-state index >= 15 is 0 Å². The third-order valence-electron chi connectivity index (χ3n) is 4.84. The molecule has 0 bridgehead atoms. The summed E-state index contributed by atoms with van der Waals surface area (Å²) in [5.74, 6) is 0.804. The molecule has 5 heteroatoms. The highest BCUT2D eigenvalue weighted by molar-refractivity contribution is 5.98. The molecule has 0 N–H and O–H groups in total. The van der Waals surface area contributed by atoms with E-state index in [2.05, 4.69) is 17.9 Å². The van der Waals surface area contributed by atoms with Gasteiger partial charge in [-0.05, 0) is 50.1 Å². The monoisotopic (exact) mass is 366 g/mol. The molecule has 2 aromatic rings. The van der Waals surface area contributed by atoms with Crippen LogP contribution in [0, 0.1) is 0 Å². The molecule has 0 atom stereocenters. The summed E-state index contributed by atoms with van der Waals surface area (Å²) in [7, 11) is 0. The van der Waals surface area contributed by atoms with Crippen LogP contribution in [0.1, 0.15) is 25.8 Å². The van der Waals surface area contributed by atoms with Crippen LogP contribution in [0.15, 0.2) is 48.5 Å². The van der Waals surface area contributed by atoms with E-state index in [1.54, 1.807) is 6.92 Å². The fourth-order valence-electron chi connectivity index (χ4n) is 3.30. The van der Waals surface area contributed by atoms with E-state index in [1.807, 2.05) is 47.4 Å². The highest BCUT2D eigenvalue weighted by Crippen LogP contribution is 2.32. The highest BCUT2D eigenvalue weighted by atomic mass is 16.5. The number of fused-ring (bicyclic) bond motifs is 1. The minimum atomic E-state index is -0.0427. The van der Waals surface area contributed by atoms with Crippen LogP contribution in [0.3, 0.4) is 0 Å². The lowest BCUT2D eigenvalue weighted by atomic mass is 10.1. The summed E-state index contributed by atoms with van der Waals surface area (Å²) in [6.07, 6.45) is 1.27.